The van der Waals surface area contributed by atoms with Gasteiger partial charge in [0.25, 0.3) is 0 Å². The van der Waals surface area contributed by atoms with Crippen LogP contribution in [0.15, 0.2) is 0 Å². The number of hydrogen-bond donors (Lipinski definition) is 0. The zero-order chi connectivity index (χ0) is 0. The molecular formula is H60Na8O66ThW10-60. The van der Waals surface area contributed by atoms with Crippen molar-refractivity contribution in [1.82, 2.24) is 0 Å². The third kappa shape index (κ3) is 4840. The molecule has 0 amide bonds. The Bertz CT molecular complexity index is 88.6. The van der Waals surface area contributed by atoms with Gasteiger partial charge in [0.2, 0.25) is 0 Å². The molecule has 0 aliphatic heterocycles. The second-order valence-corrected chi connectivity index (χ2v) is 0. The van der Waals surface area contributed by atoms with Crippen LogP contribution in [0.25, 0.3) is 0 Å². The Morgan fingerprint density at radius 2 is 0.0588 bits per heavy atom. The molecule has 0 aromatic carbocycles. The van der Waals surface area contributed by atoms with Crippen LogP contribution in [0.4, 0.5) is 0 Å². The molecule has 588 valence electrons. The second kappa shape index (κ2) is 4940. The summed E-state index contributed by atoms with van der Waals surface area (Å²) in [6.07, 6.45) is 0. The first-order valence-electron chi connectivity index (χ1n) is 0. The molecule has 0 saturated carbocycles. The van der Waals surface area contributed by atoms with Crippen LogP contribution in [0.3, 0.4) is 0 Å². The van der Waals surface area contributed by atoms with Gasteiger partial charge >= 0.3 is 276 Å². The minimum absolute atomic E-state index is 0. The molecule has 60 N–H and O–H groups in total. The SMILES string of the molecule is O.O.O.O.O.O.O.O.O.O.O.O.O.O.O.O.O.O.O.O.O.O.O.O.O.O.O.O.O.O.[Na+].[Na+].[Na+].[Na+].[Na+].[Na+].[Na+].[Na+].[O-2].[O-2].[O-2].[O-2].[O-2].[O-2].[O-2].[O-2].[O-2].[O-2].[O-2].[O-2].[O-2].[O-2].[O-2].[O-2].[O-2].[O-2].[O-2].[O-2].[O-2].[O-2].[O-2].[O-2].[O-2].[O-2].[O-2].[O-2].[O-2].[O-2].[O-2].[O-2].[O-2].[O-2].[O-2].[O-2].[Th+4].[W].[W].[W].[W].[W].[W].[W].[W].[W].[W]. The zero-order valence-corrected chi connectivity index (χ0v) is 91.7. The van der Waals surface area contributed by atoms with E-state index in [1.54, 1.807) is 0 Å². The van der Waals surface area contributed by atoms with E-state index in [4.69, 9.17) is 0 Å². The van der Waals surface area contributed by atoms with E-state index in [1.807, 2.05) is 0 Å². The standard InChI is InChI=1S/8Na.30H2O.36O.Th.10W/h;;;;;;;;30*1H2;;;;;;;;;;;;;;;;;;;;;;;;;;;;;;;;;;;;;;;;;;;;;;;/q8*+1;;;;;;;;;;;;;;;;;;;;;;;;;;;;;;;36*-2;+4;;;;;;;;;;. The first-order valence-corrected chi connectivity index (χ1v) is 0. The minimum Gasteiger partial charge on any atom is -2.00 e. The molecule has 0 spiro atoms. The fourth-order valence-corrected chi connectivity index (χ4v) is 0. The maximum Gasteiger partial charge on any atom is 4.00 e. The van der Waals surface area contributed by atoms with Gasteiger partial charge in [-0.1, -0.05) is 0 Å². The van der Waals surface area contributed by atoms with Crippen LogP contribution in [0.2, 0.25) is 0 Å². The topological polar surface area (TPSA) is 1970 Å². The molecule has 85 heavy (non-hydrogen) atoms. The Hall–Kier alpha value is 13.6. The molecule has 0 rings (SSSR count). The number of hydrogen-bond acceptors (Lipinski definition) is 0. The second-order valence-electron chi connectivity index (χ2n) is 0. The zero-order valence-electron chi connectivity index (χ0n) is 42.3. The van der Waals surface area contributed by atoms with Gasteiger partial charge in [-0.3, -0.25) is 0 Å². The summed E-state index contributed by atoms with van der Waals surface area (Å²) >= 11 is 0. The molecule has 0 aromatic heterocycles. The Morgan fingerprint density at radius 1 is 0.0588 bits per heavy atom. The van der Waals surface area contributed by atoms with Gasteiger partial charge in [0, 0.05) is 211 Å². The summed E-state index contributed by atoms with van der Waals surface area (Å²) in [4.78, 5) is 0. The third-order valence-corrected chi connectivity index (χ3v) is 0. The summed E-state index contributed by atoms with van der Waals surface area (Å²) < 4.78 is 0. The summed E-state index contributed by atoms with van der Waals surface area (Å²) in [6.45, 7) is 0. The predicted molar refractivity (Wildman–Crippen MR) is 133 cm³/mol. The molecule has 0 aliphatic carbocycles. The van der Waals surface area contributed by atoms with Gasteiger partial charge in [0.15, 0.2) is 0 Å². The third-order valence-electron chi connectivity index (χ3n) is 0. The Morgan fingerprint density at radius 3 is 0.0588 bits per heavy atom. The fourth-order valence-electron chi connectivity index (χ4n) is 0. The summed E-state index contributed by atoms with van der Waals surface area (Å²) in [6, 6.07) is 0. The molecule has 0 saturated heterocycles. The molecule has 85 heteroatoms. The van der Waals surface area contributed by atoms with Gasteiger partial charge in [0.05, 0.1) is 0 Å². The monoisotopic (exact) mass is 3370 g/mol. The maximum atomic E-state index is 0. The van der Waals surface area contributed by atoms with Gasteiger partial charge in [-0.15, -0.1) is 0 Å². The summed E-state index contributed by atoms with van der Waals surface area (Å²) in [5.41, 5.74) is 0. The van der Waals surface area contributed by atoms with E-state index < -0.39 is 0 Å². The van der Waals surface area contributed by atoms with Gasteiger partial charge < -0.3 is 361 Å². The van der Waals surface area contributed by atoms with Crippen molar-refractivity contribution in [2.75, 3.05) is 0 Å². The van der Waals surface area contributed by atoms with Gasteiger partial charge in [-0.2, -0.15) is 0 Å². The van der Waals surface area contributed by atoms with Crippen molar-refractivity contribution in [3.05, 3.63) is 0 Å². The van der Waals surface area contributed by atoms with E-state index in [0.29, 0.717) is 0 Å². The smallest absolute Gasteiger partial charge is 2.00 e. The van der Waals surface area contributed by atoms with Crippen molar-refractivity contribution < 1.29 is 848 Å². The summed E-state index contributed by atoms with van der Waals surface area (Å²) in [5, 5.41) is 0. The van der Waals surface area contributed by atoms with Crippen LogP contribution >= 0.6 is 0 Å². The summed E-state index contributed by atoms with van der Waals surface area (Å²) in [7, 11) is 0. The van der Waals surface area contributed by atoms with E-state index in [9.17, 15) is 0 Å². The normalized spacial score (nSPS) is 0. The fraction of sp³-hybridized carbons (Fsp3) is 0. The van der Waals surface area contributed by atoms with Gasteiger partial charge in [0.1, 0.15) is 0 Å². The molecule has 0 atom stereocenters. The largest absolute Gasteiger partial charge is 4.00 e. The first kappa shape index (κ1) is 5100. The van der Waals surface area contributed by atoms with E-state index in [1.165, 1.54) is 0 Å². The van der Waals surface area contributed by atoms with Crippen LogP contribution in [0.1, 0.15) is 0 Å². The van der Waals surface area contributed by atoms with E-state index in [0.717, 1.165) is 0 Å². The van der Waals surface area contributed by atoms with Crippen molar-refractivity contribution >= 4 is 0 Å². The van der Waals surface area contributed by atoms with Crippen molar-refractivity contribution in [2.45, 2.75) is 0 Å². The van der Waals surface area contributed by atoms with Crippen LogP contribution in [0, 0.1) is 39.9 Å². The molecule has 0 aliphatic rings. The van der Waals surface area contributed by atoms with E-state index >= 15 is 0 Å². The summed E-state index contributed by atoms with van der Waals surface area (Å²) in [5.74, 6) is 0. The van der Waals surface area contributed by atoms with Crippen LogP contribution in [-0.4, -0.2) is 164 Å². The van der Waals surface area contributed by atoms with Crippen molar-refractivity contribution in [3.8, 4) is 0 Å². The van der Waals surface area contributed by atoms with Crippen molar-refractivity contribution in [2.24, 2.45) is 0 Å². The molecular weight excluding hydrogens is 3310 g/mol. The Balaban J connectivity index is 0. The minimum atomic E-state index is 0. The molecule has 0 unspecified atom stereocenters. The van der Waals surface area contributed by atoms with Crippen molar-refractivity contribution in [1.29, 1.82) is 0 Å². The molecule has 66 nitrogen and oxygen atoms in total. The van der Waals surface area contributed by atoms with Crippen LogP contribution < -0.4 is 236 Å². The molecule has 0 aromatic rings. The first-order chi connectivity index (χ1) is 0. The van der Waals surface area contributed by atoms with Crippen LogP contribution in [0.5, 0.6) is 0 Å². The van der Waals surface area contributed by atoms with Crippen LogP contribution in [-0.2, 0) is 408 Å². The number of rotatable bonds is 0. The molecule has 0 bridgehead atoms. The molecule has 0 heterocycles. The quantitative estimate of drug-likeness (QED) is 0.204. The molecule has 0 fully saturated rings. The van der Waals surface area contributed by atoms with E-state index in [-0.39, 0.29) is 848 Å². The van der Waals surface area contributed by atoms with E-state index in [2.05, 4.69) is 0 Å². The maximum absolute atomic E-state index is 0. The Kier molecular flexibility index (Phi) is 296000. The molecule has 0 radical (unpaired) electrons. The Labute approximate surface area is 832 Å². The average Bonchev–Trinajstić information content (AvgIpc) is 0. The predicted octanol–water partition coefficient (Wildman–Crippen LogP) is -53.0. The van der Waals surface area contributed by atoms with Gasteiger partial charge in [-0.05, 0) is 0 Å². The average molecular weight is 3370 g/mol. The van der Waals surface area contributed by atoms with Gasteiger partial charge in [-0.25, -0.2) is 0 Å². The van der Waals surface area contributed by atoms with Crippen molar-refractivity contribution in [3.63, 3.8) is 0 Å².